The van der Waals surface area contributed by atoms with E-state index >= 15 is 0 Å². The number of halogens is 3. The number of fused-ring (bicyclic) bond motifs is 1. The van der Waals surface area contributed by atoms with Crippen molar-refractivity contribution in [3.8, 4) is 0 Å². The molecule has 22 heavy (non-hydrogen) atoms. The van der Waals surface area contributed by atoms with Crippen LogP contribution in [0, 0.1) is 0 Å². The van der Waals surface area contributed by atoms with Crippen molar-refractivity contribution in [2.75, 3.05) is 19.6 Å². The van der Waals surface area contributed by atoms with Crippen LogP contribution in [0.1, 0.15) is 31.4 Å². The molecule has 7 heteroatoms. The van der Waals surface area contributed by atoms with E-state index in [1.165, 1.54) is 10.6 Å². The molecule has 1 aliphatic rings. The lowest BCUT2D eigenvalue weighted by atomic mass is 10.1. The number of hydrogen-bond donors (Lipinski definition) is 1. The van der Waals surface area contributed by atoms with Crippen molar-refractivity contribution in [3.63, 3.8) is 0 Å². The molecule has 0 spiro atoms. The van der Waals surface area contributed by atoms with Crippen molar-refractivity contribution in [1.82, 2.24) is 14.5 Å². The average molecular weight is 313 g/mol. The highest BCUT2D eigenvalue weighted by Gasteiger charge is 2.31. The predicted molar refractivity (Wildman–Crippen MR) is 77.9 cm³/mol. The van der Waals surface area contributed by atoms with Crippen LogP contribution in [0.25, 0.3) is 11.0 Å². The minimum Gasteiger partial charge on any atom is -0.306 e. The quantitative estimate of drug-likeness (QED) is 0.926. The molecule has 1 aromatic heterocycles. The largest absolute Gasteiger partial charge is 0.416 e. The molecule has 1 N–H and O–H groups in total. The molecule has 1 atom stereocenters. The fraction of sp³-hybridized carbons (Fsp3) is 0.533. The van der Waals surface area contributed by atoms with Crippen molar-refractivity contribution < 1.29 is 13.2 Å². The number of nitrogens with one attached hydrogen (secondary N) is 1. The number of benzene rings is 1. The second kappa shape index (κ2) is 5.46. The van der Waals surface area contributed by atoms with E-state index < -0.39 is 11.7 Å². The Labute approximate surface area is 125 Å². The van der Waals surface area contributed by atoms with Gasteiger partial charge < -0.3 is 9.88 Å². The zero-order valence-corrected chi connectivity index (χ0v) is 12.3. The summed E-state index contributed by atoms with van der Waals surface area (Å²) >= 11 is 0. The van der Waals surface area contributed by atoms with Crippen LogP contribution in [0.15, 0.2) is 23.0 Å². The van der Waals surface area contributed by atoms with Gasteiger partial charge in [0.25, 0.3) is 0 Å². The third-order valence-electron chi connectivity index (χ3n) is 4.34. The first-order chi connectivity index (χ1) is 10.4. The maximum absolute atomic E-state index is 12.9. The standard InChI is InChI=1S/C15H18F3N3O/c1-2-20-7-3-4-11(9-20)21-13-8-10(15(16,17)18)5-6-12(13)19-14(21)22/h5-6,8,11H,2-4,7,9H2,1H3,(H,19,22). The number of aromatic amines is 1. The van der Waals surface area contributed by atoms with E-state index in [1.54, 1.807) is 0 Å². The molecule has 120 valence electrons. The number of alkyl halides is 3. The van der Waals surface area contributed by atoms with Crippen LogP contribution in [0.2, 0.25) is 0 Å². The second-order valence-corrected chi connectivity index (χ2v) is 5.72. The minimum absolute atomic E-state index is 0.0848. The second-order valence-electron chi connectivity index (χ2n) is 5.72. The molecular weight excluding hydrogens is 295 g/mol. The summed E-state index contributed by atoms with van der Waals surface area (Å²) in [6.07, 6.45) is -2.66. The Balaban J connectivity index is 2.08. The van der Waals surface area contributed by atoms with Crippen LogP contribution >= 0.6 is 0 Å². The minimum atomic E-state index is -4.41. The summed E-state index contributed by atoms with van der Waals surface area (Å²) in [4.78, 5) is 17.1. The Morgan fingerprint density at radius 3 is 2.82 bits per heavy atom. The number of aromatic nitrogens is 2. The van der Waals surface area contributed by atoms with Gasteiger partial charge in [0, 0.05) is 6.54 Å². The molecule has 0 saturated carbocycles. The molecule has 2 heterocycles. The molecule has 3 rings (SSSR count). The van der Waals surface area contributed by atoms with Gasteiger partial charge in [-0.25, -0.2) is 4.79 Å². The van der Waals surface area contributed by atoms with Crippen molar-refractivity contribution in [2.45, 2.75) is 32.0 Å². The zero-order valence-electron chi connectivity index (χ0n) is 12.3. The number of hydrogen-bond acceptors (Lipinski definition) is 2. The van der Waals surface area contributed by atoms with Gasteiger partial charge in [-0.15, -0.1) is 0 Å². The van der Waals surface area contributed by atoms with Crippen LogP contribution in [-0.4, -0.2) is 34.1 Å². The molecule has 0 amide bonds. The highest BCUT2D eigenvalue weighted by atomic mass is 19.4. The van der Waals surface area contributed by atoms with Gasteiger partial charge in [-0.05, 0) is 44.1 Å². The van der Waals surface area contributed by atoms with Gasteiger partial charge in [0.05, 0.1) is 22.6 Å². The molecule has 1 fully saturated rings. The Morgan fingerprint density at radius 2 is 2.14 bits per heavy atom. The summed E-state index contributed by atoms with van der Waals surface area (Å²) in [6, 6.07) is 3.31. The lowest BCUT2D eigenvalue weighted by Gasteiger charge is -2.32. The summed E-state index contributed by atoms with van der Waals surface area (Å²) < 4.78 is 40.2. The van der Waals surface area contributed by atoms with E-state index in [2.05, 4.69) is 9.88 Å². The Kier molecular flexibility index (Phi) is 3.76. The van der Waals surface area contributed by atoms with Crippen LogP contribution in [-0.2, 0) is 6.18 Å². The fourth-order valence-corrected chi connectivity index (χ4v) is 3.19. The number of rotatable bonds is 2. The highest BCUT2D eigenvalue weighted by Crippen LogP contribution is 2.32. The monoisotopic (exact) mass is 313 g/mol. The van der Waals surface area contributed by atoms with Gasteiger partial charge in [0.1, 0.15) is 0 Å². The molecule has 1 aromatic carbocycles. The first-order valence-electron chi connectivity index (χ1n) is 7.44. The predicted octanol–water partition coefficient (Wildman–Crippen LogP) is 3.01. The fourth-order valence-electron chi connectivity index (χ4n) is 3.19. The van der Waals surface area contributed by atoms with E-state index in [9.17, 15) is 18.0 Å². The van der Waals surface area contributed by atoms with Gasteiger partial charge in [-0.2, -0.15) is 13.2 Å². The summed E-state index contributed by atoms with van der Waals surface area (Å²) in [6.45, 7) is 4.58. The Morgan fingerprint density at radius 1 is 1.36 bits per heavy atom. The molecular formula is C15H18F3N3O. The number of piperidine rings is 1. The first-order valence-corrected chi connectivity index (χ1v) is 7.44. The number of H-pyrrole nitrogens is 1. The topological polar surface area (TPSA) is 41.0 Å². The number of imidazole rings is 1. The van der Waals surface area contributed by atoms with Crippen molar-refractivity contribution >= 4 is 11.0 Å². The van der Waals surface area contributed by atoms with Crippen molar-refractivity contribution in [1.29, 1.82) is 0 Å². The van der Waals surface area contributed by atoms with Crippen LogP contribution in [0.4, 0.5) is 13.2 Å². The number of likely N-dealkylation sites (tertiary alicyclic amines) is 1. The van der Waals surface area contributed by atoms with Crippen LogP contribution in [0.5, 0.6) is 0 Å². The van der Waals surface area contributed by atoms with E-state index in [0.717, 1.165) is 38.1 Å². The van der Waals surface area contributed by atoms with E-state index in [-0.39, 0.29) is 11.7 Å². The van der Waals surface area contributed by atoms with Gasteiger partial charge >= 0.3 is 11.9 Å². The average Bonchev–Trinajstić information content (AvgIpc) is 2.81. The van der Waals surface area contributed by atoms with E-state index in [0.29, 0.717) is 17.6 Å². The SMILES string of the molecule is CCN1CCCC(n2c(=O)[nH]c3ccc(C(F)(F)F)cc32)C1. The molecule has 2 aromatic rings. The molecule has 1 aliphatic heterocycles. The summed E-state index contributed by atoms with van der Waals surface area (Å²) in [5.74, 6) is 0. The number of likely N-dealkylation sites (N-methyl/N-ethyl adjacent to an activating group) is 1. The molecule has 4 nitrogen and oxygen atoms in total. The highest BCUT2D eigenvalue weighted by molar-refractivity contribution is 5.76. The van der Waals surface area contributed by atoms with E-state index in [4.69, 9.17) is 0 Å². The van der Waals surface area contributed by atoms with Crippen LogP contribution < -0.4 is 5.69 Å². The molecule has 0 bridgehead atoms. The molecule has 1 unspecified atom stereocenters. The van der Waals surface area contributed by atoms with Gasteiger partial charge in [-0.1, -0.05) is 6.92 Å². The van der Waals surface area contributed by atoms with Crippen molar-refractivity contribution in [3.05, 3.63) is 34.2 Å². The Bertz CT molecular complexity index is 732. The summed E-state index contributed by atoms with van der Waals surface area (Å²) in [5.41, 5.74) is -0.275. The lowest BCUT2D eigenvalue weighted by molar-refractivity contribution is -0.137. The van der Waals surface area contributed by atoms with Crippen LogP contribution in [0.3, 0.4) is 0 Å². The third kappa shape index (κ3) is 2.65. The van der Waals surface area contributed by atoms with Crippen molar-refractivity contribution in [2.24, 2.45) is 0 Å². The smallest absolute Gasteiger partial charge is 0.306 e. The third-order valence-corrected chi connectivity index (χ3v) is 4.34. The normalized spacial score (nSPS) is 20.6. The summed E-state index contributed by atoms with van der Waals surface area (Å²) in [7, 11) is 0. The Hall–Kier alpha value is -1.76. The van der Waals surface area contributed by atoms with E-state index in [1.807, 2.05) is 6.92 Å². The first kappa shape index (κ1) is 15.1. The van der Waals surface area contributed by atoms with Gasteiger partial charge in [-0.3, -0.25) is 4.57 Å². The zero-order chi connectivity index (χ0) is 15.9. The van der Waals surface area contributed by atoms with Gasteiger partial charge in [0.15, 0.2) is 0 Å². The molecule has 0 aliphatic carbocycles. The summed E-state index contributed by atoms with van der Waals surface area (Å²) in [5, 5.41) is 0. The van der Waals surface area contributed by atoms with Gasteiger partial charge in [0.2, 0.25) is 0 Å². The number of nitrogens with zero attached hydrogens (tertiary/aromatic N) is 2. The molecule has 0 radical (unpaired) electrons. The molecule has 1 saturated heterocycles. The maximum atomic E-state index is 12.9. The lowest BCUT2D eigenvalue weighted by Crippen LogP contribution is -2.39. The maximum Gasteiger partial charge on any atom is 0.416 e.